The van der Waals surface area contributed by atoms with E-state index in [1.54, 1.807) is 43.3 Å². The third kappa shape index (κ3) is 9.96. The molecule has 46 heavy (non-hydrogen) atoms. The molecule has 2 aromatic heterocycles. The standard InChI is InChI=1S/C19H13ClF3NO.C13H18N2O3.C3H4/c1-11-5-8-14(19(23)18(11)22)16-3-2-4-17(24-16)25-10-12-6-7-13(20)9-15(12)21;1-9-12(4-3-5-13(16)17)14-10(2)15(9)8-11-6-7-18-11;1-3-2/h2-9H,10H2,1H3;3-4,11H,5-8H2,1-2H3,(H,16,17);1H,2H3/b;4-3-;. The fourth-order valence-corrected chi connectivity index (χ4v) is 4.47. The number of imidazole rings is 1. The summed E-state index contributed by atoms with van der Waals surface area (Å²) < 4.78 is 54.6. The maximum Gasteiger partial charge on any atom is 0.307 e. The molecule has 1 N–H and O–H groups in total. The lowest BCUT2D eigenvalue weighted by molar-refractivity contribution is -0.135. The molecular formula is C35H35ClF3N3O4. The quantitative estimate of drug-likeness (QED) is 0.184. The van der Waals surface area contributed by atoms with Crippen LogP contribution in [0.1, 0.15) is 48.1 Å². The lowest BCUT2D eigenvalue weighted by Gasteiger charge is -2.27. The van der Waals surface area contributed by atoms with Gasteiger partial charge in [0.15, 0.2) is 11.6 Å². The molecule has 1 aliphatic rings. The fourth-order valence-electron chi connectivity index (χ4n) is 4.31. The summed E-state index contributed by atoms with van der Waals surface area (Å²) in [6.07, 6.45) is 9.42. The number of halogens is 4. The van der Waals surface area contributed by atoms with Gasteiger partial charge in [-0.05, 0) is 70.0 Å². The minimum absolute atomic E-state index is 0.0249. The van der Waals surface area contributed by atoms with E-state index in [2.05, 4.69) is 26.9 Å². The highest BCUT2D eigenvalue weighted by Crippen LogP contribution is 2.27. The van der Waals surface area contributed by atoms with Gasteiger partial charge in [0, 0.05) is 34.5 Å². The average Bonchev–Trinajstić information content (AvgIpc) is 3.25. The lowest BCUT2D eigenvalue weighted by Crippen LogP contribution is -2.31. The summed E-state index contributed by atoms with van der Waals surface area (Å²) in [6, 6.07) is 11.9. The second-order valence-corrected chi connectivity index (χ2v) is 10.7. The van der Waals surface area contributed by atoms with E-state index in [4.69, 9.17) is 26.2 Å². The van der Waals surface area contributed by atoms with Crippen molar-refractivity contribution in [2.75, 3.05) is 6.61 Å². The van der Waals surface area contributed by atoms with Gasteiger partial charge in [0.1, 0.15) is 18.2 Å². The summed E-state index contributed by atoms with van der Waals surface area (Å²) in [5.74, 6) is 0.172. The smallest absolute Gasteiger partial charge is 0.307 e. The molecule has 0 amide bonds. The number of terminal acetylenes is 1. The molecule has 4 aromatic rings. The van der Waals surface area contributed by atoms with Crippen LogP contribution in [0.3, 0.4) is 0 Å². The Balaban J connectivity index is 0.000000241. The molecule has 0 radical (unpaired) electrons. The Morgan fingerprint density at radius 3 is 2.50 bits per heavy atom. The molecule has 7 nitrogen and oxygen atoms in total. The number of ether oxygens (including phenoxy) is 2. The molecule has 0 saturated carbocycles. The minimum Gasteiger partial charge on any atom is -0.481 e. The molecule has 0 spiro atoms. The lowest BCUT2D eigenvalue weighted by atomic mass is 10.1. The van der Waals surface area contributed by atoms with E-state index in [0.717, 1.165) is 36.8 Å². The summed E-state index contributed by atoms with van der Waals surface area (Å²) >= 11 is 5.70. The molecular weight excluding hydrogens is 619 g/mol. The summed E-state index contributed by atoms with van der Waals surface area (Å²) in [6.45, 7) is 8.71. The highest BCUT2D eigenvalue weighted by Gasteiger charge is 2.21. The molecule has 2 aromatic carbocycles. The topological polar surface area (TPSA) is 86.5 Å². The van der Waals surface area contributed by atoms with Gasteiger partial charge in [-0.2, -0.15) is 0 Å². The van der Waals surface area contributed by atoms with Gasteiger partial charge in [-0.3, -0.25) is 4.79 Å². The van der Waals surface area contributed by atoms with Crippen molar-refractivity contribution in [3.8, 4) is 29.5 Å². The zero-order chi connectivity index (χ0) is 33.8. The van der Waals surface area contributed by atoms with E-state index in [0.29, 0.717) is 16.7 Å². The number of aryl methyl sites for hydroxylation is 2. The maximum atomic E-state index is 14.1. The molecule has 1 unspecified atom stereocenters. The van der Waals surface area contributed by atoms with E-state index in [-0.39, 0.29) is 35.7 Å². The first-order chi connectivity index (χ1) is 21.9. The number of aliphatic carboxylic acids is 1. The molecule has 11 heteroatoms. The third-order valence-electron chi connectivity index (χ3n) is 6.86. The van der Waals surface area contributed by atoms with Crippen molar-refractivity contribution in [3.63, 3.8) is 0 Å². The van der Waals surface area contributed by atoms with Crippen LogP contribution in [0, 0.1) is 50.6 Å². The van der Waals surface area contributed by atoms with Crippen LogP contribution in [0.25, 0.3) is 17.3 Å². The van der Waals surface area contributed by atoms with Crippen molar-refractivity contribution < 1.29 is 32.5 Å². The molecule has 1 aliphatic heterocycles. The summed E-state index contributed by atoms with van der Waals surface area (Å²) in [4.78, 5) is 19.1. The molecule has 1 saturated heterocycles. The van der Waals surface area contributed by atoms with Crippen molar-refractivity contribution in [1.82, 2.24) is 14.5 Å². The Bertz CT molecular complexity index is 1730. The predicted molar refractivity (Wildman–Crippen MR) is 172 cm³/mol. The number of benzene rings is 2. The Morgan fingerprint density at radius 1 is 1.15 bits per heavy atom. The number of hydrogen-bond acceptors (Lipinski definition) is 5. The predicted octanol–water partition coefficient (Wildman–Crippen LogP) is 8.12. The average molecular weight is 654 g/mol. The van der Waals surface area contributed by atoms with Crippen LogP contribution in [-0.2, 0) is 22.7 Å². The van der Waals surface area contributed by atoms with Gasteiger partial charge in [-0.15, -0.1) is 12.3 Å². The first-order valence-corrected chi connectivity index (χ1v) is 14.7. The highest BCUT2D eigenvalue weighted by molar-refractivity contribution is 6.30. The van der Waals surface area contributed by atoms with E-state index in [9.17, 15) is 18.0 Å². The van der Waals surface area contributed by atoms with Crippen LogP contribution in [-0.4, -0.2) is 38.3 Å². The van der Waals surface area contributed by atoms with E-state index in [1.807, 2.05) is 13.8 Å². The molecule has 0 bridgehead atoms. The second-order valence-electron chi connectivity index (χ2n) is 10.3. The number of carboxylic acid groups (broad SMARTS) is 1. The molecule has 242 valence electrons. The van der Waals surface area contributed by atoms with Crippen molar-refractivity contribution in [2.24, 2.45) is 0 Å². The molecule has 0 aliphatic carbocycles. The van der Waals surface area contributed by atoms with Gasteiger partial charge >= 0.3 is 5.97 Å². The molecule has 1 fully saturated rings. The van der Waals surface area contributed by atoms with Crippen LogP contribution in [0.2, 0.25) is 5.02 Å². The van der Waals surface area contributed by atoms with Crippen molar-refractivity contribution in [3.05, 3.63) is 105 Å². The number of carboxylic acids is 1. The summed E-state index contributed by atoms with van der Waals surface area (Å²) in [5.41, 5.74) is 2.69. The van der Waals surface area contributed by atoms with Crippen LogP contribution < -0.4 is 4.74 Å². The first-order valence-electron chi connectivity index (χ1n) is 14.3. The second kappa shape index (κ2) is 17.2. The SMILES string of the molecule is C#CC.Cc1ccc(-c2cccc(OCc3ccc(Cl)cc3F)n2)c(F)c1F.Cc1nc(/C=C\CC(=O)O)c(C)n1CC1CCO1. The normalized spacial score (nSPS) is 13.5. The number of nitrogens with zero attached hydrogens (tertiary/aromatic N) is 3. The van der Waals surface area contributed by atoms with Gasteiger partial charge in [0.05, 0.1) is 30.5 Å². The fraction of sp³-hybridized carbons (Fsp3) is 0.286. The zero-order valence-electron chi connectivity index (χ0n) is 26.0. The van der Waals surface area contributed by atoms with Crippen molar-refractivity contribution >= 4 is 23.6 Å². The van der Waals surface area contributed by atoms with Crippen LogP contribution >= 0.6 is 11.6 Å². The highest BCUT2D eigenvalue weighted by atomic mass is 35.5. The van der Waals surface area contributed by atoms with Gasteiger partial charge in [-0.1, -0.05) is 35.9 Å². The Kier molecular flexibility index (Phi) is 13.4. The van der Waals surface area contributed by atoms with Crippen LogP contribution in [0.4, 0.5) is 13.2 Å². The summed E-state index contributed by atoms with van der Waals surface area (Å²) in [5, 5.41) is 8.88. The van der Waals surface area contributed by atoms with Crippen molar-refractivity contribution in [1.29, 1.82) is 0 Å². The zero-order valence-corrected chi connectivity index (χ0v) is 26.7. The van der Waals surface area contributed by atoms with Gasteiger partial charge in [0.2, 0.25) is 5.88 Å². The minimum atomic E-state index is -0.964. The van der Waals surface area contributed by atoms with E-state index >= 15 is 0 Å². The number of aromatic nitrogens is 3. The van der Waals surface area contributed by atoms with Crippen LogP contribution in [0.5, 0.6) is 5.88 Å². The number of pyridine rings is 1. The van der Waals surface area contributed by atoms with Crippen LogP contribution in [0.15, 0.2) is 54.6 Å². The maximum absolute atomic E-state index is 14.1. The van der Waals surface area contributed by atoms with E-state index < -0.39 is 23.4 Å². The molecule has 3 heterocycles. The summed E-state index contributed by atoms with van der Waals surface area (Å²) in [7, 11) is 0. The number of carbonyl (C=O) groups is 1. The van der Waals surface area contributed by atoms with Gasteiger partial charge in [0.25, 0.3) is 0 Å². The Morgan fingerprint density at radius 2 is 1.87 bits per heavy atom. The first kappa shape index (κ1) is 35.9. The molecule has 5 rings (SSSR count). The Hall–Kier alpha value is -4.59. The largest absolute Gasteiger partial charge is 0.481 e. The molecule has 1 atom stereocenters. The number of rotatable bonds is 9. The van der Waals surface area contributed by atoms with Gasteiger partial charge in [-0.25, -0.2) is 23.1 Å². The third-order valence-corrected chi connectivity index (χ3v) is 7.10. The van der Waals surface area contributed by atoms with Crippen molar-refractivity contribution in [2.45, 2.75) is 59.8 Å². The van der Waals surface area contributed by atoms with Gasteiger partial charge < -0.3 is 19.1 Å². The monoisotopic (exact) mass is 653 g/mol. The number of hydrogen-bond donors (Lipinski definition) is 1. The Labute approximate surface area is 271 Å². The van der Waals surface area contributed by atoms with E-state index in [1.165, 1.54) is 31.2 Å².